The van der Waals surface area contributed by atoms with Crippen molar-refractivity contribution in [1.82, 2.24) is 4.72 Å². The van der Waals surface area contributed by atoms with E-state index in [1.54, 1.807) is 0 Å². The molecular formula is C10H22ClNO3S. The van der Waals surface area contributed by atoms with Gasteiger partial charge < -0.3 is 4.74 Å². The molecule has 0 aromatic heterocycles. The number of nitrogens with one attached hydrogen (secondary N) is 1. The van der Waals surface area contributed by atoms with Crippen LogP contribution in [0.4, 0.5) is 0 Å². The Morgan fingerprint density at radius 3 is 2.56 bits per heavy atom. The molecule has 1 N–H and O–H groups in total. The second-order valence-corrected chi connectivity index (χ2v) is 6.36. The van der Waals surface area contributed by atoms with E-state index >= 15 is 0 Å². The number of rotatable bonds is 10. The molecule has 0 aromatic rings. The lowest BCUT2D eigenvalue weighted by Gasteiger charge is -2.08. The molecule has 0 rings (SSSR count). The Morgan fingerprint density at radius 1 is 1.31 bits per heavy atom. The normalized spacial score (nSPS) is 12.2. The summed E-state index contributed by atoms with van der Waals surface area (Å²) in [6.07, 6.45) is 1.37. The smallest absolute Gasteiger partial charge is 0.211 e. The average Bonchev–Trinajstić information content (AvgIpc) is 2.21. The van der Waals surface area contributed by atoms with E-state index in [4.69, 9.17) is 16.3 Å². The number of hydrogen-bond donors (Lipinski definition) is 1. The zero-order valence-corrected chi connectivity index (χ0v) is 11.6. The highest BCUT2D eigenvalue weighted by molar-refractivity contribution is 7.89. The number of sulfonamides is 1. The van der Waals surface area contributed by atoms with Gasteiger partial charge in [-0.2, -0.15) is 0 Å². The van der Waals surface area contributed by atoms with Crippen LogP contribution in [-0.2, 0) is 14.8 Å². The predicted molar refractivity (Wildman–Crippen MR) is 67.4 cm³/mol. The zero-order chi connectivity index (χ0) is 12.4. The monoisotopic (exact) mass is 271 g/mol. The quantitative estimate of drug-likeness (QED) is 0.485. The van der Waals surface area contributed by atoms with Crippen molar-refractivity contribution < 1.29 is 13.2 Å². The van der Waals surface area contributed by atoms with Crippen molar-refractivity contribution in [3.05, 3.63) is 0 Å². The third-order valence-electron chi connectivity index (χ3n) is 1.97. The van der Waals surface area contributed by atoms with Crippen LogP contribution >= 0.6 is 11.6 Å². The van der Waals surface area contributed by atoms with Crippen LogP contribution in [0.25, 0.3) is 0 Å². The molecule has 0 aliphatic carbocycles. The van der Waals surface area contributed by atoms with Crippen LogP contribution in [0.1, 0.15) is 26.7 Å². The highest BCUT2D eigenvalue weighted by Gasteiger charge is 2.09. The van der Waals surface area contributed by atoms with Gasteiger partial charge in [0.15, 0.2) is 0 Å². The summed E-state index contributed by atoms with van der Waals surface area (Å²) < 4.78 is 30.6. The average molecular weight is 272 g/mol. The third kappa shape index (κ3) is 10.7. The summed E-state index contributed by atoms with van der Waals surface area (Å²) >= 11 is 5.42. The maximum absolute atomic E-state index is 11.5. The van der Waals surface area contributed by atoms with Crippen molar-refractivity contribution in [2.75, 3.05) is 31.4 Å². The van der Waals surface area contributed by atoms with Crippen LogP contribution < -0.4 is 4.72 Å². The first-order valence-electron chi connectivity index (χ1n) is 5.59. The summed E-state index contributed by atoms with van der Waals surface area (Å²) in [7, 11) is -3.10. The third-order valence-corrected chi connectivity index (χ3v) is 3.54. The van der Waals surface area contributed by atoms with Crippen LogP contribution in [0.2, 0.25) is 0 Å². The Hall–Kier alpha value is 0.160. The fourth-order valence-electron chi connectivity index (χ4n) is 1.02. The van der Waals surface area contributed by atoms with E-state index in [1.807, 2.05) is 13.8 Å². The topological polar surface area (TPSA) is 55.4 Å². The van der Waals surface area contributed by atoms with E-state index in [2.05, 4.69) is 4.72 Å². The van der Waals surface area contributed by atoms with Gasteiger partial charge in [0.25, 0.3) is 0 Å². The van der Waals surface area contributed by atoms with Gasteiger partial charge in [-0.05, 0) is 18.8 Å². The van der Waals surface area contributed by atoms with Gasteiger partial charge in [0.05, 0.1) is 12.4 Å². The van der Waals surface area contributed by atoms with Crippen molar-refractivity contribution in [2.45, 2.75) is 26.7 Å². The fraction of sp³-hybridized carbons (Fsp3) is 1.00. The van der Waals surface area contributed by atoms with Crippen LogP contribution in [0, 0.1) is 5.92 Å². The first-order chi connectivity index (χ1) is 7.48. The van der Waals surface area contributed by atoms with Crippen LogP contribution in [0.3, 0.4) is 0 Å². The molecule has 0 atom stereocenters. The van der Waals surface area contributed by atoms with E-state index < -0.39 is 10.0 Å². The largest absolute Gasteiger partial charge is 0.380 e. The summed E-state index contributed by atoms with van der Waals surface area (Å²) in [6, 6.07) is 0. The number of ether oxygens (including phenoxy) is 1. The number of alkyl halides is 1. The maximum atomic E-state index is 11.5. The number of hydrogen-bond acceptors (Lipinski definition) is 3. The van der Waals surface area contributed by atoms with E-state index in [0.29, 0.717) is 44.4 Å². The fourth-order valence-corrected chi connectivity index (χ4v) is 2.51. The van der Waals surface area contributed by atoms with Crippen molar-refractivity contribution in [3.8, 4) is 0 Å². The molecule has 98 valence electrons. The van der Waals surface area contributed by atoms with Crippen molar-refractivity contribution in [3.63, 3.8) is 0 Å². The van der Waals surface area contributed by atoms with E-state index in [0.717, 1.165) is 0 Å². The molecule has 0 saturated heterocycles. The number of halogens is 1. The van der Waals surface area contributed by atoms with Gasteiger partial charge in [-0.3, -0.25) is 0 Å². The molecule has 0 spiro atoms. The molecule has 0 radical (unpaired) electrons. The minimum absolute atomic E-state index is 0.202. The van der Waals surface area contributed by atoms with Crippen molar-refractivity contribution >= 4 is 21.6 Å². The second kappa shape index (κ2) is 9.22. The second-order valence-electron chi connectivity index (χ2n) is 4.05. The van der Waals surface area contributed by atoms with Crippen molar-refractivity contribution in [1.29, 1.82) is 0 Å². The Morgan fingerprint density at radius 2 is 2.00 bits per heavy atom. The first kappa shape index (κ1) is 16.2. The molecule has 0 saturated carbocycles. The SMILES string of the molecule is CC(C)CCS(=O)(=O)NCCCOCCCl. The molecular weight excluding hydrogens is 250 g/mol. The lowest BCUT2D eigenvalue weighted by molar-refractivity contribution is 0.147. The first-order valence-corrected chi connectivity index (χ1v) is 7.77. The molecule has 16 heavy (non-hydrogen) atoms. The van der Waals surface area contributed by atoms with Gasteiger partial charge in [0, 0.05) is 19.0 Å². The Balaban J connectivity index is 3.51. The Kier molecular flexibility index (Phi) is 9.31. The van der Waals surface area contributed by atoms with E-state index in [-0.39, 0.29) is 5.75 Å². The summed E-state index contributed by atoms with van der Waals surface area (Å²) in [5.74, 6) is 1.08. The van der Waals surface area contributed by atoms with Gasteiger partial charge in [0.2, 0.25) is 10.0 Å². The van der Waals surface area contributed by atoms with E-state index in [9.17, 15) is 8.42 Å². The summed E-state index contributed by atoms with van der Waals surface area (Å²) in [6.45, 7) is 5.51. The molecule has 0 aliphatic heterocycles. The minimum atomic E-state index is -3.10. The summed E-state index contributed by atoms with van der Waals surface area (Å²) in [5, 5.41) is 0. The summed E-state index contributed by atoms with van der Waals surface area (Å²) in [4.78, 5) is 0. The van der Waals surface area contributed by atoms with Crippen LogP contribution in [-0.4, -0.2) is 39.8 Å². The van der Waals surface area contributed by atoms with Gasteiger partial charge in [-0.1, -0.05) is 13.8 Å². The molecule has 0 unspecified atom stereocenters. The molecule has 6 heteroatoms. The standard InChI is InChI=1S/C10H22ClNO3S/c1-10(2)4-9-16(13,14)12-6-3-7-15-8-5-11/h10,12H,3-9H2,1-2H3. The maximum Gasteiger partial charge on any atom is 0.211 e. The van der Waals surface area contributed by atoms with Gasteiger partial charge in [-0.25, -0.2) is 13.1 Å². The van der Waals surface area contributed by atoms with Gasteiger partial charge >= 0.3 is 0 Å². The molecule has 0 aliphatic rings. The molecule has 0 amide bonds. The van der Waals surface area contributed by atoms with Gasteiger partial charge in [-0.15, -0.1) is 11.6 Å². The van der Waals surface area contributed by atoms with Crippen molar-refractivity contribution in [2.24, 2.45) is 5.92 Å². The Bertz CT molecular complexity index is 255. The zero-order valence-electron chi connectivity index (χ0n) is 10.0. The van der Waals surface area contributed by atoms with E-state index in [1.165, 1.54) is 0 Å². The summed E-state index contributed by atoms with van der Waals surface area (Å²) in [5.41, 5.74) is 0. The highest BCUT2D eigenvalue weighted by atomic mass is 35.5. The molecule has 0 heterocycles. The van der Waals surface area contributed by atoms with Crippen LogP contribution in [0.15, 0.2) is 0 Å². The molecule has 0 aromatic carbocycles. The predicted octanol–water partition coefficient (Wildman–Crippen LogP) is 1.60. The Labute approximate surface area is 104 Å². The molecule has 0 bridgehead atoms. The minimum Gasteiger partial charge on any atom is -0.380 e. The molecule has 4 nitrogen and oxygen atoms in total. The molecule has 0 fully saturated rings. The van der Waals surface area contributed by atoms with Crippen LogP contribution in [0.5, 0.6) is 0 Å². The van der Waals surface area contributed by atoms with Gasteiger partial charge in [0.1, 0.15) is 0 Å². The highest BCUT2D eigenvalue weighted by Crippen LogP contribution is 2.01. The lowest BCUT2D eigenvalue weighted by atomic mass is 10.2. The lowest BCUT2D eigenvalue weighted by Crippen LogP contribution is -2.28.